The Morgan fingerprint density at radius 3 is 2.50 bits per heavy atom. The number of aromatic amines is 1. The summed E-state index contributed by atoms with van der Waals surface area (Å²) in [4.78, 5) is 6.73. The molecule has 0 saturated carbocycles. The van der Waals surface area contributed by atoms with Crippen LogP contribution in [0.3, 0.4) is 0 Å². The topological polar surface area (TPSA) is 28.7 Å². The molecule has 2 aromatic rings. The summed E-state index contributed by atoms with van der Waals surface area (Å²) < 4.78 is 38.9. The van der Waals surface area contributed by atoms with Gasteiger partial charge in [-0.3, -0.25) is 0 Å². The van der Waals surface area contributed by atoms with E-state index in [1.165, 1.54) is 18.2 Å². The number of nitrogens with one attached hydrogen (secondary N) is 1. The quantitative estimate of drug-likeness (QED) is 0.789. The highest BCUT2D eigenvalue weighted by atomic mass is 32.1. The molecule has 0 unspecified atom stereocenters. The first-order valence-electron chi connectivity index (χ1n) is 5.12. The summed E-state index contributed by atoms with van der Waals surface area (Å²) in [5, 5.41) is 0. The molecule has 0 fully saturated rings. The molecule has 2 nitrogen and oxygen atoms in total. The molecule has 0 saturated heterocycles. The summed E-state index contributed by atoms with van der Waals surface area (Å²) in [5.74, 6) is 0.481. The standard InChI is InChI=1S/C12H9F3N2S/c1-7-16-10(6-11(18)17-7)8-4-2-3-5-9(8)12(13,14)15/h2-6H,1H3,(H,16,17,18). The molecule has 94 valence electrons. The van der Waals surface area contributed by atoms with Gasteiger partial charge in [-0.2, -0.15) is 13.2 Å². The summed E-state index contributed by atoms with van der Waals surface area (Å²) in [7, 11) is 0. The van der Waals surface area contributed by atoms with Gasteiger partial charge in [0.2, 0.25) is 0 Å². The SMILES string of the molecule is Cc1nc(=S)cc(-c2ccccc2C(F)(F)F)[nH]1. The molecule has 1 N–H and O–H groups in total. The molecule has 0 bridgehead atoms. The lowest BCUT2D eigenvalue weighted by Crippen LogP contribution is -2.07. The molecule has 0 aliphatic carbocycles. The number of aryl methyl sites for hydroxylation is 1. The van der Waals surface area contributed by atoms with Crippen LogP contribution < -0.4 is 0 Å². The Morgan fingerprint density at radius 1 is 1.22 bits per heavy atom. The molecule has 1 aromatic heterocycles. The van der Waals surface area contributed by atoms with Crippen LogP contribution in [-0.2, 0) is 6.18 Å². The Hall–Kier alpha value is -1.69. The normalized spacial score (nSPS) is 11.6. The molecule has 6 heteroatoms. The lowest BCUT2D eigenvalue weighted by atomic mass is 10.0. The summed E-state index contributed by atoms with van der Waals surface area (Å²) in [6.07, 6.45) is -4.40. The third-order valence-electron chi connectivity index (χ3n) is 2.38. The number of hydrogen-bond donors (Lipinski definition) is 1. The van der Waals surface area contributed by atoms with Crippen LogP contribution in [0.2, 0.25) is 0 Å². The number of H-pyrrole nitrogens is 1. The van der Waals surface area contributed by atoms with Gasteiger partial charge in [-0.25, -0.2) is 4.98 Å². The zero-order valence-electron chi connectivity index (χ0n) is 9.38. The average molecular weight is 270 g/mol. The van der Waals surface area contributed by atoms with Crippen LogP contribution in [0.4, 0.5) is 13.2 Å². The van der Waals surface area contributed by atoms with Crippen molar-refractivity contribution in [2.75, 3.05) is 0 Å². The number of halogens is 3. The molecule has 0 atom stereocenters. The van der Waals surface area contributed by atoms with E-state index in [0.717, 1.165) is 6.07 Å². The van der Waals surface area contributed by atoms with Crippen LogP contribution in [0, 0.1) is 11.6 Å². The van der Waals surface area contributed by atoms with Crippen LogP contribution in [0.15, 0.2) is 30.3 Å². The summed E-state index contributed by atoms with van der Waals surface area (Å²) in [6, 6.07) is 6.78. The monoisotopic (exact) mass is 270 g/mol. The van der Waals surface area contributed by atoms with Gasteiger partial charge in [-0.05, 0) is 19.1 Å². The van der Waals surface area contributed by atoms with Gasteiger partial charge in [0.25, 0.3) is 0 Å². The third kappa shape index (κ3) is 2.59. The van der Waals surface area contributed by atoms with E-state index in [9.17, 15) is 13.2 Å². The maximum absolute atomic E-state index is 12.9. The highest BCUT2D eigenvalue weighted by Crippen LogP contribution is 2.36. The third-order valence-corrected chi connectivity index (χ3v) is 2.59. The maximum Gasteiger partial charge on any atom is 0.417 e. The minimum absolute atomic E-state index is 0.0709. The first kappa shape index (κ1) is 12.8. The van der Waals surface area contributed by atoms with Gasteiger partial charge in [-0.15, -0.1) is 0 Å². The fourth-order valence-electron chi connectivity index (χ4n) is 1.69. The Bertz CT molecular complexity index is 632. The number of aromatic nitrogens is 2. The van der Waals surface area contributed by atoms with Crippen molar-refractivity contribution < 1.29 is 13.2 Å². The fraction of sp³-hybridized carbons (Fsp3) is 0.167. The van der Waals surface area contributed by atoms with Gasteiger partial charge in [0.15, 0.2) is 0 Å². The Balaban J connectivity index is 2.68. The van der Waals surface area contributed by atoms with Gasteiger partial charge in [0, 0.05) is 5.56 Å². The van der Waals surface area contributed by atoms with Crippen LogP contribution in [0.25, 0.3) is 11.3 Å². The number of rotatable bonds is 1. The van der Waals surface area contributed by atoms with Crippen molar-refractivity contribution in [1.29, 1.82) is 0 Å². The van der Waals surface area contributed by atoms with Crippen molar-refractivity contribution in [3.8, 4) is 11.3 Å². The van der Waals surface area contributed by atoms with Gasteiger partial charge in [-0.1, -0.05) is 30.4 Å². The number of alkyl halides is 3. The van der Waals surface area contributed by atoms with Crippen LogP contribution in [0.5, 0.6) is 0 Å². The highest BCUT2D eigenvalue weighted by molar-refractivity contribution is 7.71. The Morgan fingerprint density at radius 2 is 1.89 bits per heavy atom. The van der Waals surface area contributed by atoms with Gasteiger partial charge in [0.1, 0.15) is 10.5 Å². The van der Waals surface area contributed by atoms with Crippen LogP contribution in [0.1, 0.15) is 11.4 Å². The van der Waals surface area contributed by atoms with Crippen molar-refractivity contribution >= 4 is 12.2 Å². The van der Waals surface area contributed by atoms with E-state index in [4.69, 9.17) is 12.2 Å². The predicted molar refractivity (Wildman–Crippen MR) is 64.6 cm³/mol. The molecule has 0 amide bonds. The van der Waals surface area contributed by atoms with Crippen molar-refractivity contribution in [1.82, 2.24) is 9.97 Å². The van der Waals surface area contributed by atoms with Crippen molar-refractivity contribution in [3.05, 3.63) is 46.4 Å². The smallest absolute Gasteiger partial charge is 0.343 e. The zero-order valence-corrected chi connectivity index (χ0v) is 10.2. The molecular formula is C12H9F3N2S. The van der Waals surface area contributed by atoms with E-state index in [1.54, 1.807) is 13.0 Å². The second-order valence-corrected chi connectivity index (χ2v) is 4.18. The highest BCUT2D eigenvalue weighted by Gasteiger charge is 2.33. The van der Waals surface area contributed by atoms with Crippen molar-refractivity contribution in [2.45, 2.75) is 13.1 Å². The maximum atomic E-state index is 12.9. The lowest BCUT2D eigenvalue weighted by molar-refractivity contribution is -0.137. The largest absolute Gasteiger partial charge is 0.417 e. The second kappa shape index (κ2) is 4.53. The van der Waals surface area contributed by atoms with E-state index in [1.807, 2.05) is 0 Å². The molecule has 0 radical (unpaired) electrons. The summed E-state index contributed by atoms with van der Waals surface area (Å²) in [6.45, 7) is 1.65. The Labute approximate surface area is 107 Å². The zero-order chi connectivity index (χ0) is 13.3. The average Bonchev–Trinajstić information content (AvgIpc) is 2.26. The molecule has 18 heavy (non-hydrogen) atoms. The van der Waals surface area contributed by atoms with E-state index >= 15 is 0 Å². The molecule has 1 aromatic carbocycles. The molecule has 0 spiro atoms. The first-order chi connectivity index (χ1) is 8.38. The van der Waals surface area contributed by atoms with Gasteiger partial charge < -0.3 is 4.98 Å². The number of nitrogens with zero attached hydrogens (tertiary/aromatic N) is 1. The fourth-order valence-corrected chi connectivity index (χ4v) is 1.95. The van der Waals surface area contributed by atoms with E-state index in [2.05, 4.69) is 9.97 Å². The minimum Gasteiger partial charge on any atom is -0.343 e. The molecule has 0 aliphatic rings. The summed E-state index contributed by atoms with van der Waals surface area (Å²) in [5.41, 5.74) is -0.303. The number of hydrogen-bond acceptors (Lipinski definition) is 2. The lowest BCUT2D eigenvalue weighted by Gasteiger charge is -2.12. The second-order valence-electron chi connectivity index (χ2n) is 3.76. The van der Waals surface area contributed by atoms with Crippen LogP contribution >= 0.6 is 12.2 Å². The minimum atomic E-state index is -4.40. The van der Waals surface area contributed by atoms with Gasteiger partial charge >= 0.3 is 6.18 Å². The summed E-state index contributed by atoms with van der Waals surface area (Å²) >= 11 is 4.91. The molecule has 0 aliphatic heterocycles. The van der Waals surface area contributed by atoms with E-state index < -0.39 is 11.7 Å². The molecule has 1 heterocycles. The molecule has 2 rings (SSSR count). The molecular weight excluding hydrogens is 261 g/mol. The van der Waals surface area contributed by atoms with E-state index in [-0.39, 0.29) is 10.2 Å². The van der Waals surface area contributed by atoms with E-state index in [0.29, 0.717) is 11.5 Å². The first-order valence-corrected chi connectivity index (χ1v) is 5.53. The van der Waals surface area contributed by atoms with Crippen LogP contribution in [-0.4, -0.2) is 9.97 Å². The van der Waals surface area contributed by atoms with Crippen molar-refractivity contribution in [3.63, 3.8) is 0 Å². The van der Waals surface area contributed by atoms with Crippen molar-refractivity contribution in [2.24, 2.45) is 0 Å². The predicted octanol–water partition coefficient (Wildman–Crippen LogP) is 4.13. The Kier molecular flexibility index (Phi) is 3.21. The number of benzene rings is 1. The van der Waals surface area contributed by atoms with Gasteiger partial charge in [0.05, 0.1) is 11.3 Å².